The van der Waals surface area contributed by atoms with Crippen LogP contribution in [0.5, 0.6) is 0 Å². The molecule has 0 radical (unpaired) electrons. The van der Waals surface area contributed by atoms with Crippen LogP contribution in [0.2, 0.25) is 5.02 Å². The predicted molar refractivity (Wildman–Crippen MR) is 45.6 cm³/mol. The quantitative estimate of drug-likeness (QED) is 0.580. The minimum absolute atomic E-state index is 0.701. The number of rotatable bonds is 0. The molecule has 1 aromatic carbocycles. The standard InChI is InChI=1S/C9H8ClN/c1-6-7(2)9(10)4-3-8(6)5-11/h3-4H,1-2H3. The number of benzene rings is 1. The van der Waals surface area contributed by atoms with Crippen molar-refractivity contribution < 1.29 is 0 Å². The lowest BCUT2D eigenvalue weighted by molar-refractivity contribution is 1.31. The summed E-state index contributed by atoms with van der Waals surface area (Å²) in [6, 6.07) is 5.60. The van der Waals surface area contributed by atoms with E-state index in [1.54, 1.807) is 12.1 Å². The van der Waals surface area contributed by atoms with Crippen molar-refractivity contribution in [1.29, 1.82) is 5.26 Å². The van der Waals surface area contributed by atoms with E-state index in [0.29, 0.717) is 5.56 Å². The zero-order chi connectivity index (χ0) is 8.43. The molecule has 0 saturated heterocycles. The van der Waals surface area contributed by atoms with Crippen molar-refractivity contribution in [2.24, 2.45) is 0 Å². The molecule has 1 rings (SSSR count). The summed E-state index contributed by atoms with van der Waals surface area (Å²) in [5.74, 6) is 0. The number of nitrogens with zero attached hydrogens (tertiary/aromatic N) is 1. The molecular weight excluding hydrogens is 158 g/mol. The first kappa shape index (κ1) is 8.10. The highest BCUT2D eigenvalue weighted by Gasteiger charge is 2.02. The lowest BCUT2D eigenvalue weighted by atomic mass is 10.0. The predicted octanol–water partition coefficient (Wildman–Crippen LogP) is 2.83. The Bertz CT molecular complexity index is 323. The molecule has 0 aliphatic rings. The van der Waals surface area contributed by atoms with Crippen LogP contribution < -0.4 is 0 Å². The Morgan fingerprint density at radius 3 is 2.45 bits per heavy atom. The SMILES string of the molecule is Cc1c(Cl)ccc(C#N)c1C. The van der Waals surface area contributed by atoms with Gasteiger partial charge in [0.15, 0.2) is 0 Å². The molecule has 11 heavy (non-hydrogen) atoms. The van der Waals surface area contributed by atoms with Crippen LogP contribution in [-0.2, 0) is 0 Å². The topological polar surface area (TPSA) is 23.8 Å². The highest BCUT2D eigenvalue weighted by atomic mass is 35.5. The van der Waals surface area contributed by atoms with Gasteiger partial charge in [0.2, 0.25) is 0 Å². The molecule has 0 heterocycles. The van der Waals surface area contributed by atoms with E-state index in [0.717, 1.165) is 16.1 Å². The Balaban J connectivity index is 3.40. The fraction of sp³-hybridized carbons (Fsp3) is 0.222. The van der Waals surface area contributed by atoms with E-state index < -0.39 is 0 Å². The van der Waals surface area contributed by atoms with E-state index in [2.05, 4.69) is 6.07 Å². The van der Waals surface area contributed by atoms with E-state index in [9.17, 15) is 0 Å². The van der Waals surface area contributed by atoms with Gasteiger partial charge in [0.05, 0.1) is 11.6 Å². The van der Waals surface area contributed by atoms with E-state index >= 15 is 0 Å². The van der Waals surface area contributed by atoms with Crippen LogP contribution in [0.1, 0.15) is 16.7 Å². The van der Waals surface area contributed by atoms with E-state index in [-0.39, 0.29) is 0 Å². The molecule has 0 bridgehead atoms. The Morgan fingerprint density at radius 1 is 1.27 bits per heavy atom. The van der Waals surface area contributed by atoms with Gasteiger partial charge in [-0.3, -0.25) is 0 Å². The van der Waals surface area contributed by atoms with Gasteiger partial charge < -0.3 is 0 Å². The second-order valence-corrected chi connectivity index (χ2v) is 2.86. The average Bonchev–Trinajstić information content (AvgIpc) is 2.01. The van der Waals surface area contributed by atoms with Crippen LogP contribution in [0.3, 0.4) is 0 Å². The van der Waals surface area contributed by atoms with Crippen LogP contribution in [0.25, 0.3) is 0 Å². The first-order valence-corrected chi connectivity index (χ1v) is 3.70. The van der Waals surface area contributed by atoms with Gasteiger partial charge in [-0.05, 0) is 37.1 Å². The summed E-state index contributed by atoms with van der Waals surface area (Å²) in [7, 11) is 0. The van der Waals surface area contributed by atoms with Crippen molar-refractivity contribution in [2.45, 2.75) is 13.8 Å². The molecular formula is C9H8ClN. The van der Waals surface area contributed by atoms with Gasteiger partial charge in [-0.15, -0.1) is 0 Å². The summed E-state index contributed by atoms with van der Waals surface area (Å²) in [6.45, 7) is 3.82. The maximum absolute atomic E-state index is 8.64. The molecule has 1 aromatic rings. The molecule has 0 aromatic heterocycles. The van der Waals surface area contributed by atoms with Gasteiger partial charge in [0.1, 0.15) is 0 Å². The van der Waals surface area contributed by atoms with Crippen molar-refractivity contribution in [3.05, 3.63) is 33.8 Å². The molecule has 0 spiro atoms. The monoisotopic (exact) mass is 165 g/mol. The van der Waals surface area contributed by atoms with Crippen LogP contribution in [0.15, 0.2) is 12.1 Å². The summed E-state index contributed by atoms with van der Waals surface area (Å²) in [6.07, 6.45) is 0. The summed E-state index contributed by atoms with van der Waals surface area (Å²) >= 11 is 5.83. The van der Waals surface area contributed by atoms with Crippen molar-refractivity contribution in [1.82, 2.24) is 0 Å². The highest BCUT2D eigenvalue weighted by molar-refractivity contribution is 6.31. The maximum Gasteiger partial charge on any atom is 0.0994 e. The highest BCUT2D eigenvalue weighted by Crippen LogP contribution is 2.20. The Labute approximate surface area is 71.2 Å². The average molecular weight is 166 g/mol. The van der Waals surface area contributed by atoms with Gasteiger partial charge in [-0.2, -0.15) is 5.26 Å². The maximum atomic E-state index is 8.64. The second-order valence-electron chi connectivity index (χ2n) is 2.46. The molecule has 1 nitrogen and oxygen atoms in total. The van der Waals surface area contributed by atoms with Gasteiger partial charge in [0, 0.05) is 5.02 Å². The molecule has 0 fully saturated rings. The van der Waals surface area contributed by atoms with Crippen molar-refractivity contribution in [3.63, 3.8) is 0 Å². The molecule has 0 aliphatic carbocycles. The number of nitriles is 1. The summed E-state index contributed by atoms with van der Waals surface area (Å²) < 4.78 is 0. The first-order chi connectivity index (χ1) is 5.16. The summed E-state index contributed by atoms with van der Waals surface area (Å²) in [5, 5.41) is 9.36. The first-order valence-electron chi connectivity index (χ1n) is 3.32. The van der Waals surface area contributed by atoms with Crippen LogP contribution >= 0.6 is 11.6 Å². The van der Waals surface area contributed by atoms with Crippen molar-refractivity contribution >= 4 is 11.6 Å². The Hall–Kier alpha value is -1.00. The molecule has 0 unspecified atom stereocenters. The zero-order valence-electron chi connectivity index (χ0n) is 6.48. The van der Waals surface area contributed by atoms with E-state index in [1.165, 1.54) is 0 Å². The largest absolute Gasteiger partial charge is 0.192 e. The van der Waals surface area contributed by atoms with Crippen LogP contribution in [-0.4, -0.2) is 0 Å². The van der Waals surface area contributed by atoms with E-state index in [1.807, 2.05) is 13.8 Å². The third kappa shape index (κ3) is 1.36. The van der Waals surface area contributed by atoms with Gasteiger partial charge in [-0.1, -0.05) is 11.6 Å². The van der Waals surface area contributed by atoms with Gasteiger partial charge in [0.25, 0.3) is 0 Å². The smallest absolute Gasteiger partial charge is 0.0994 e. The summed E-state index contributed by atoms with van der Waals surface area (Å²) in [5.41, 5.74) is 2.66. The third-order valence-corrected chi connectivity index (χ3v) is 2.25. The molecule has 0 amide bonds. The van der Waals surface area contributed by atoms with Gasteiger partial charge in [-0.25, -0.2) is 0 Å². The normalized spacial score (nSPS) is 9.27. The lowest BCUT2D eigenvalue weighted by Crippen LogP contribution is -1.86. The van der Waals surface area contributed by atoms with Crippen molar-refractivity contribution in [2.75, 3.05) is 0 Å². The van der Waals surface area contributed by atoms with Crippen LogP contribution in [0, 0.1) is 25.2 Å². The number of hydrogen-bond donors (Lipinski definition) is 0. The Kier molecular flexibility index (Phi) is 2.16. The third-order valence-electron chi connectivity index (χ3n) is 1.84. The molecule has 0 saturated carbocycles. The van der Waals surface area contributed by atoms with E-state index in [4.69, 9.17) is 16.9 Å². The fourth-order valence-corrected chi connectivity index (χ4v) is 1.11. The lowest BCUT2D eigenvalue weighted by Gasteiger charge is -2.02. The zero-order valence-corrected chi connectivity index (χ0v) is 7.24. The fourth-order valence-electron chi connectivity index (χ4n) is 0.909. The molecule has 0 aliphatic heterocycles. The van der Waals surface area contributed by atoms with Crippen molar-refractivity contribution in [3.8, 4) is 6.07 Å². The van der Waals surface area contributed by atoms with Gasteiger partial charge >= 0.3 is 0 Å². The number of hydrogen-bond acceptors (Lipinski definition) is 1. The summed E-state index contributed by atoms with van der Waals surface area (Å²) in [4.78, 5) is 0. The second kappa shape index (κ2) is 2.94. The molecule has 0 atom stereocenters. The Morgan fingerprint density at radius 2 is 1.91 bits per heavy atom. The molecule has 0 N–H and O–H groups in total. The van der Waals surface area contributed by atoms with Crippen LogP contribution in [0.4, 0.5) is 0 Å². The minimum Gasteiger partial charge on any atom is -0.192 e. The number of halogens is 1. The molecule has 56 valence electrons. The molecule has 2 heteroatoms. The minimum atomic E-state index is 0.701.